The van der Waals surface area contributed by atoms with Crippen molar-refractivity contribution >= 4 is 35.0 Å². The maximum Gasteiger partial charge on any atom is 0.337 e. The van der Waals surface area contributed by atoms with Crippen molar-refractivity contribution < 1.29 is 23.7 Å². The largest absolute Gasteiger partial charge is 0.468 e. The van der Waals surface area contributed by atoms with Gasteiger partial charge in [0, 0.05) is 11.8 Å². The fraction of sp³-hybridized carbons (Fsp3) is 0.174. The maximum atomic E-state index is 12.7. The molecule has 0 fully saturated rings. The highest BCUT2D eigenvalue weighted by molar-refractivity contribution is 8.03. The highest BCUT2D eigenvalue weighted by Crippen LogP contribution is 2.41. The molecular formula is C23H20N4O6S. The number of hydrogen-bond acceptors (Lipinski definition) is 9. The molecule has 0 bridgehead atoms. The van der Waals surface area contributed by atoms with Gasteiger partial charge in [0.25, 0.3) is 5.69 Å². The van der Waals surface area contributed by atoms with Gasteiger partial charge in [-0.1, -0.05) is 36.5 Å². The summed E-state index contributed by atoms with van der Waals surface area (Å²) in [7, 11) is 0. The number of thioether (sulfide) groups is 1. The molecule has 174 valence electrons. The Morgan fingerprint density at radius 2 is 2.15 bits per heavy atom. The molecule has 0 aliphatic carbocycles. The summed E-state index contributed by atoms with van der Waals surface area (Å²) in [6.45, 7) is 5.18. The number of carbonyl (C=O) groups is 2. The van der Waals surface area contributed by atoms with E-state index in [1.807, 2.05) is 0 Å². The quantitative estimate of drug-likeness (QED) is 0.235. The van der Waals surface area contributed by atoms with E-state index in [-0.39, 0.29) is 34.9 Å². The van der Waals surface area contributed by atoms with E-state index in [4.69, 9.17) is 9.15 Å². The third kappa shape index (κ3) is 5.36. The number of nitro benzene ring substituents is 1. The average molecular weight is 481 g/mol. The summed E-state index contributed by atoms with van der Waals surface area (Å²) < 4.78 is 10.7. The normalized spacial score (nSPS) is 15.2. The SMILES string of the molecule is C=CCOC(=O)C1=C(C)NC(SCC(=O)Nc2ccccc2[N+](=O)[O-])=C(C#N)[C@@H]1c1ccco1. The number of benzene rings is 1. The first-order valence-electron chi connectivity index (χ1n) is 9.96. The number of amides is 1. The topological polar surface area (TPSA) is 148 Å². The van der Waals surface area contributed by atoms with Crippen molar-refractivity contribution in [2.75, 3.05) is 17.7 Å². The van der Waals surface area contributed by atoms with Crippen LogP contribution >= 0.6 is 11.8 Å². The molecule has 3 rings (SSSR count). The number of rotatable bonds is 9. The smallest absolute Gasteiger partial charge is 0.337 e. The predicted molar refractivity (Wildman–Crippen MR) is 125 cm³/mol. The summed E-state index contributed by atoms with van der Waals surface area (Å²) in [5.41, 5.74) is 0.668. The van der Waals surface area contributed by atoms with Gasteiger partial charge in [0.1, 0.15) is 18.1 Å². The van der Waals surface area contributed by atoms with Gasteiger partial charge in [0.15, 0.2) is 0 Å². The number of nitrogens with zero attached hydrogens (tertiary/aromatic N) is 2. The van der Waals surface area contributed by atoms with Crippen LogP contribution in [0.3, 0.4) is 0 Å². The third-order valence-corrected chi connectivity index (χ3v) is 5.77. The minimum absolute atomic E-state index is 0.000506. The van der Waals surface area contributed by atoms with Crippen molar-refractivity contribution in [3.8, 4) is 6.07 Å². The van der Waals surface area contributed by atoms with Gasteiger partial charge in [-0.15, -0.1) is 0 Å². The Bertz CT molecular complexity index is 1230. The minimum atomic E-state index is -0.834. The second kappa shape index (κ2) is 11.0. The van der Waals surface area contributed by atoms with Crippen molar-refractivity contribution in [3.05, 3.63) is 93.1 Å². The number of hydrogen-bond donors (Lipinski definition) is 2. The van der Waals surface area contributed by atoms with Crippen LogP contribution in [-0.4, -0.2) is 29.2 Å². The average Bonchev–Trinajstić information content (AvgIpc) is 3.35. The molecule has 0 unspecified atom stereocenters. The fourth-order valence-electron chi connectivity index (χ4n) is 3.31. The van der Waals surface area contributed by atoms with Crippen LogP contribution in [-0.2, 0) is 14.3 Å². The zero-order valence-corrected chi connectivity index (χ0v) is 18.9. The lowest BCUT2D eigenvalue weighted by Gasteiger charge is -2.27. The van der Waals surface area contributed by atoms with E-state index in [9.17, 15) is 25.0 Å². The van der Waals surface area contributed by atoms with Crippen LogP contribution < -0.4 is 10.6 Å². The van der Waals surface area contributed by atoms with E-state index in [1.165, 1.54) is 30.5 Å². The summed E-state index contributed by atoms with van der Waals surface area (Å²) in [6.07, 6.45) is 2.87. The number of furan rings is 1. The molecule has 2 heterocycles. The molecule has 1 atom stereocenters. The van der Waals surface area contributed by atoms with Crippen molar-refractivity contribution in [2.24, 2.45) is 0 Å². The van der Waals surface area contributed by atoms with Gasteiger partial charge in [-0.05, 0) is 25.1 Å². The number of nitrogens with one attached hydrogen (secondary N) is 2. The van der Waals surface area contributed by atoms with E-state index in [0.29, 0.717) is 16.5 Å². The molecule has 1 aliphatic rings. The Morgan fingerprint density at radius 1 is 1.38 bits per heavy atom. The van der Waals surface area contributed by atoms with Crippen molar-refractivity contribution in [1.29, 1.82) is 5.26 Å². The van der Waals surface area contributed by atoms with Gasteiger partial charge in [-0.3, -0.25) is 14.9 Å². The standard InChI is InChI=1S/C23H20N4O6S/c1-3-10-33-23(29)20-14(2)25-22(15(12-24)21(20)18-9-6-11-32-18)34-13-19(28)26-16-7-4-5-8-17(16)27(30)31/h3-9,11,21,25H,1,10,13H2,2H3,(H,26,28)/t21-/m1/s1. The number of allylic oxidation sites excluding steroid dienone is 2. The van der Waals surface area contributed by atoms with Crippen molar-refractivity contribution in [2.45, 2.75) is 12.8 Å². The lowest BCUT2D eigenvalue weighted by atomic mass is 9.86. The van der Waals surface area contributed by atoms with Crippen molar-refractivity contribution in [1.82, 2.24) is 5.32 Å². The monoisotopic (exact) mass is 480 g/mol. The number of nitro groups is 1. The molecule has 2 N–H and O–H groups in total. The summed E-state index contributed by atoms with van der Waals surface area (Å²) in [4.78, 5) is 35.8. The van der Waals surface area contributed by atoms with Gasteiger partial charge >= 0.3 is 5.97 Å². The van der Waals surface area contributed by atoms with Crippen LogP contribution in [0.5, 0.6) is 0 Å². The van der Waals surface area contributed by atoms with Gasteiger partial charge < -0.3 is 19.8 Å². The first kappa shape index (κ1) is 24.3. The Labute approximate surface area is 199 Å². The summed E-state index contributed by atoms with van der Waals surface area (Å²) in [6, 6.07) is 11.2. The van der Waals surface area contributed by atoms with E-state index >= 15 is 0 Å². The number of ether oxygens (including phenoxy) is 1. The Kier molecular flexibility index (Phi) is 7.89. The second-order valence-electron chi connectivity index (χ2n) is 6.96. The zero-order chi connectivity index (χ0) is 24.7. The first-order chi connectivity index (χ1) is 16.4. The number of carbonyl (C=O) groups excluding carboxylic acids is 2. The van der Waals surface area contributed by atoms with Crippen LogP contribution in [0.1, 0.15) is 18.6 Å². The molecule has 1 aliphatic heterocycles. The minimum Gasteiger partial charge on any atom is -0.468 e. The van der Waals surface area contributed by atoms with Crippen molar-refractivity contribution in [3.63, 3.8) is 0 Å². The van der Waals surface area contributed by atoms with Crippen LogP contribution in [0.25, 0.3) is 0 Å². The number of dihydropyridines is 1. The molecule has 11 heteroatoms. The Morgan fingerprint density at radius 3 is 2.79 bits per heavy atom. The molecule has 0 saturated carbocycles. The molecular weight excluding hydrogens is 460 g/mol. The maximum absolute atomic E-state index is 12.7. The van der Waals surface area contributed by atoms with Crippen LogP contribution in [0.2, 0.25) is 0 Å². The molecule has 1 aromatic carbocycles. The molecule has 34 heavy (non-hydrogen) atoms. The van der Waals surface area contributed by atoms with Crippen LogP contribution in [0.15, 0.2) is 81.6 Å². The van der Waals surface area contributed by atoms with E-state index in [0.717, 1.165) is 11.8 Å². The molecule has 0 spiro atoms. The lowest BCUT2D eigenvalue weighted by Crippen LogP contribution is -2.29. The molecule has 0 radical (unpaired) electrons. The lowest BCUT2D eigenvalue weighted by molar-refractivity contribution is -0.383. The molecule has 10 nitrogen and oxygen atoms in total. The predicted octanol–water partition coefficient (Wildman–Crippen LogP) is 3.98. The second-order valence-corrected chi connectivity index (χ2v) is 7.95. The van der Waals surface area contributed by atoms with Gasteiger partial charge in [0.05, 0.1) is 45.1 Å². The van der Waals surface area contributed by atoms with E-state index < -0.39 is 22.7 Å². The zero-order valence-electron chi connectivity index (χ0n) is 18.1. The molecule has 0 saturated heterocycles. The number of para-hydroxylation sites is 2. The highest BCUT2D eigenvalue weighted by atomic mass is 32.2. The summed E-state index contributed by atoms with van der Waals surface area (Å²) in [5.74, 6) is -1.74. The third-order valence-electron chi connectivity index (χ3n) is 4.75. The van der Waals surface area contributed by atoms with Gasteiger partial charge in [-0.25, -0.2) is 4.79 Å². The highest BCUT2D eigenvalue weighted by Gasteiger charge is 2.37. The fourth-order valence-corrected chi connectivity index (χ4v) is 4.20. The van der Waals surface area contributed by atoms with Crippen LogP contribution in [0, 0.1) is 21.4 Å². The Balaban J connectivity index is 1.85. The van der Waals surface area contributed by atoms with E-state index in [2.05, 4.69) is 23.3 Å². The summed E-state index contributed by atoms with van der Waals surface area (Å²) in [5, 5.41) is 27.0. The van der Waals surface area contributed by atoms with E-state index in [1.54, 1.807) is 25.1 Å². The molecule has 1 amide bonds. The number of anilines is 1. The summed E-state index contributed by atoms with van der Waals surface area (Å²) >= 11 is 1.03. The molecule has 2 aromatic rings. The van der Waals surface area contributed by atoms with Crippen LogP contribution in [0.4, 0.5) is 11.4 Å². The Hall–Kier alpha value is -4.30. The number of nitriles is 1. The van der Waals surface area contributed by atoms with Gasteiger partial charge in [-0.2, -0.15) is 5.26 Å². The number of esters is 1. The first-order valence-corrected chi connectivity index (χ1v) is 11.0. The van der Waals surface area contributed by atoms with Gasteiger partial charge in [0.2, 0.25) is 5.91 Å². The molecule has 1 aromatic heterocycles.